The van der Waals surface area contributed by atoms with Gasteiger partial charge in [0.2, 0.25) is 0 Å². The quantitative estimate of drug-likeness (QED) is 0.714. The molecule has 0 saturated carbocycles. The van der Waals surface area contributed by atoms with Gasteiger partial charge in [-0.3, -0.25) is 9.78 Å². The first kappa shape index (κ1) is 15.5. The topological polar surface area (TPSA) is 88.5 Å². The molecule has 7 heteroatoms. The highest BCUT2D eigenvalue weighted by Crippen LogP contribution is 2.29. The number of halogens is 1. The van der Waals surface area contributed by atoms with Crippen molar-refractivity contribution in [1.82, 2.24) is 10.3 Å². The lowest BCUT2D eigenvalue weighted by Crippen LogP contribution is -2.41. The minimum atomic E-state index is -1.52. The van der Waals surface area contributed by atoms with E-state index in [2.05, 4.69) is 26.2 Å². The monoisotopic (exact) mass is 376 g/mol. The van der Waals surface area contributed by atoms with Gasteiger partial charge in [-0.1, -0.05) is 0 Å². The highest BCUT2D eigenvalue weighted by atomic mass is 79.9. The van der Waals surface area contributed by atoms with Crippen molar-refractivity contribution < 1.29 is 18.7 Å². The highest BCUT2D eigenvalue weighted by Gasteiger charge is 2.36. The van der Waals surface area contributed by atoms with Crippen LogP contribution in [0.4, 0.5) is 0 Å². The zero-order valence-electron chi connectivity index (χ0n) is 11.9. The molecule has 0 aliphatic heterocycles. The summed E-state index contributed by atoms with van der Waals surface area (Å²) in [5.41, 5.74) is -0.653. The molecule has 0 spiro atoms. The number of carbonyl (C=O) groups is 1. The number of rotatable bonds is 5. The van der Waals surface area contributed by atoms with Gasteiger partial charge in [-0.2, -0.15) is 0 Å². The van der Waals surface area contributed by atoms with Crippen LogP contribution in [0, 0.1) is 0 Å². The van der Waals surface area contributed by atoms with Crippen LogP contribution in [0.2, 0.25) is 0 Å². The molecule has 6 nitrogen and oxygen atoms in total. The van der Waals surface area contributed by atoms with E-state index < -0.39 is 5.60 Å². The van der Waals surface area contributed by atoms with Crippen molar-refractivity contribution in [3.63, 3.8) is 0 Å². The molecule has 23 heavy (non-hydrogen) atoms. The molecule has 3 rings (SSSR count). The molecule has 0 aliphatic rings. The first-order valence-electron chi connectivity index (χ1n) is 6.77. The molecule has 3 aromatic rings. The van der Waals surface area contributed by atoms with Crippen LogP contribution in [0.3, 0.4) is 0 Å². The molecule has 1 amide bonds. The van der Waals surface area contributed by atoms with Gasteiger partial charge in [0.05, 0.1) is 30.9 Å². The van der Waals surface area contributed by atoms with E-state index in [1.165, 1.54) is 25.0 Å². The summed E-state index contributed by atoms with van der Waals surface area (Å²) in [5.74, 6) is -0.0427. The van der Waals surface area contributed by atoms with Gasteiger partial charge in [0.15, 0.2) is 5.60 Å². The second-order valence-electron chi connectivity index (χ2n) is 4.92. The molecule has 0 radical (unpaired) electrons. The van der Waals surface area contributed by atoms with E-state index in [4.69, 9.17) is 8.83 Å². The molecular weight excluding hydrogens is 364 g/mol. The number of nitrogens with zero attached hydrogens (tertiary/aromatic N) is 1. The molecule has 0 aromatic carbocycles. The molecule has 3 aromatic heterocycles. The Morgan fingerprint density at radius 2 is 2.22 bits per heavy atom. The largest absolute Gasteiger partial charge is 0.472 e. The number of aliphatic hydroxyl groups is 1. The molecule has 3 heterocycles. The van der Waals surface area contributed by atoms with Crippen molar-refractivity contribution in [2.45, 2.75) is 5.60 Å². The number of nitrogens with one attached hydrogen (secondary N) is 1. The van der Waals surface area contributed by atoms with Crippen LogP contribution in [0.5, 0.6) is 0 Å². The van der Waals surface area contributed by atoms with E-state index >= 15 is 0 Å². The summed E-state index contributed by atoms with van der Waals surface area (Å²) in [6.07, 6.45) is 7.35. The summed E-state index contributed by atoms with van der Waals surface area (Å²) >= 11 is 3.26. The van der Waals surface area contributed by atoms with Gasteiger partial charge in [0, 0.05) is 22.4 Å². The third kappa shape index (κ3) is 3.20. The number of furan rings is 2. The lowest BCUT2D eigenvalue weighted by molar-refractivity contribution is 0.0520. The van der Waals surface area contributed by atoms with Crippen LogP contribution < -0.4 is 5.32 Å². The van der Waals surface area contributed by atoms with Gasteiger partial charge in [0.25, 0.3) is 5.91 Å². The second kappa shape index (κ2) is 6.39. The fourth-order valence-corrected chi connectivity index (χ4v) is 2.56. The van der Waals surface area contributed by atoms with Gasteiger partial charge in [-0.15, -0.1) is 0 Å². The number of hydrogen-bond donors (Lipinski definition) is 2. The predicted octanol–water partition coefficient (Wildman–Crippen LogP) is 2.70. The number of pyridine rings is 1. The van der Waals surface area contributed by atoms with Crippen molar-refractivity contribution in [3.8, 4) is 0 Å². The average Bonchev–Trinajstić information content (AvgIpc) is 3.25. The molecule has 1 atom stereocenters. The van der Waals surface area contributed by atoms with Crippen LogP contribution in [-0.2, 0) is 5.60 Å². The van der Waals surface area contributed by atoms with Crippen molar-refractivity contribution in [3.05, 3.63) is 76.8 Å². The number of carbonyl (C=O) groups excluding carboxylic acids is 1. The van der Waals surface area contributed by atoms with Crippen molar-refractivity contribution in [1.29, 1.82) is 0 Å². The standard InChI is InChI=1S/C16H13BrN2O4/c17-13-6-11(7-18-8-13)15(20)19-10-16(21,12-3-5-22-9-12)14-2-1-4-23-14/h1-9,21H,10H2,(H,19,20). The smallest absolute Gasteiger partial charge is 0.253 e. The summed E-state index contributed by atoms with van der Waals surface area (Å²) in [4.78, 5) is 16.2. The maximum atomic E-state index is 12.2. The Morgan fingerprint density at radius 1 is 1.35 bits per heavy atom. The number of amides is 1. The fraction of sp³-hybridized carbons (Fsp3) is 0.125. The second-order valence-corrected chi connectivity index (χ2v) is 5.84. The Balaban J connectivity index is 1.82. The summed E-state index contributed by atoms with van der Waals surface area (Å²) in [7, 11) is 0. The Morgan fingerprint density at radius 3 is 2.87 bits per heavy atom. The number of aromatic nitrogens is 1. The minimum absolute atomic E-state index is 0.0780. The third-order valence-electron chi connectivity index (χ3n) is 3.40. The minimum Gasteiger partial charge on any atom is -0.472 e. The van der Waals surface area contributed by atoms with E-state index in [1.807, 2.05) is 0 Å². The van der Waals surface area contributed by atoms with E-state index in [0.717, 1.165) is 0 Å². The van der Waals surface area contributed by atoms with E-state index in [-0.39, 0.29) is 12.5 Å². The molecule has 2 N–H and O–H groups in total. The Kier molecular flexibility index (Phi) is 4.31. The predicted molar refractivity (Wildman–Crippen MR) is 84.7 cm³/mol. The van der Waals surface area contributed by atoms with Gasteiger partial charge >= 0.3 is 0 Å². The van der Waals surface area contributed by atoms with Crippen LogP contribution >= 0.6 is 15.9 Å². The Hall–Kier alpha value is -2.38. The Bertz CT molecular complexity index is 750. The number of hydrogen-bond acceptors (Lipinski definition) is 5. The van der Waals surface area contributed by atoms with Gasteiger partial charge < -0.3 is 19.3 Å². The zero-order valence-corrected chi connectivity index (χ0v) is 13.5. The van der Waals surface area contributed by atoms with Crippen LogP contribution in [0.1, 0.15) is 21.7 Å². The molecule has 0 fully saturated rings. The lowest BCUT2D eigenvalue weighted by Gasteiger charge is -2.25. The van der Waals surface area contributed by atoms with E-state index in [9.17, 15) is 9.90 Å². The fourth-order valence-electron chi connectivity index (χ4n) is 2.19. The normalized spacial score (nSPS) is 13.5. The third-order valence-corrected chi connectivity index (χ3v) is 3.83. The molecular formula is C16H13BrN2O4. The molecule has 1 unspecified atom stereocenters. The SMILES string of the molecule is O=C(NCC(O)(c1ccoc1)c1ccco1)c1cncc(Br)c1. The summed E-state index contributed by atoms with van der Waals surface area (Å²) in [6.45, 7) is -0.0780. The van der Waals surface area contributed by atoms with Crippen molar-refractivity contribution in [2.24, 2.45) is 0 Å². The first-order chi connectivity index (χ1) is 11.1. The van der Waals surface area contributed by atoms with Crippen LogP contribution in [0.15, 0.2) is 68.8 Å². The van der Waals surface area contributed by atoms with Gasteiger partial charge in [-0.25, -0.2) is 0 Å². The van der Waals surface area contributed by atoms with Crippen molar-refractivity contribution in [2.75, 3.05) is 6.54 Å². The highest BCUT2D eigenvalue weighted by molar-refractivity contribution is 9.10. The Labute approximate surface area is 140 Å². The van der Waals surface area contributed by atoms with E-state index in [0.29, 0.717) is 21.4 Å². The zero-order chi connectivity index (χ0) is 16.3. The van der Waals surface area contributed by atoms with Crippen LogP contribution in [-0.4, -0.2) is 22.5 Å². The summed E-state index contributed by atoms with van der Waals surface area (Å²) < 4.78 is 11.0. The van der Waals surface area contributed by atoms with Gasteiger partial charge in [0.1, 0.15) is 5.76 Å². The van der Waals surface area contributed by atoms with Crippen LogP contribution in [0.25, 0.3) is 0 Å². The van der Waals surface area contributed by atoms with Gasteiger partial charge in [-0.05, 0) is 40.2 Å². The molecule has 0 bridgehead atoms. The first-order valence-corrected chi connectivity index (χ1v) is 7.57. The van der Waals surface area contributed by atoms with Crippen molar-refractivity contribution >= 4 is 21.8 Å². The molecule has 0 saturated heterocycles. The maximum absolute atomic E-state index is 12.2. The molecule has 118 valence electrons. The summed E-state index contributed by atoms with van der Waals surface area (Å²) in [6, 6.07) is 6.57. The molecule has 0 aliphatic carbocycles. The average molecular weight is 377 g/mol. The van der Waals surface area contributed by atoms with E-state index in [1.54, 1.807) is 30.5 Å². The maximum Gasteiger partial charge on any atom is 0.253 e. The lowest BCUT2D eigenvalue weighted by atomic mass is 9.93. The summed E-state index contributed by atoms with van der Waals surface area (Å²) in [5, 5.41) is 13.7.